The second-order valence-corrected chi connectivity index (χ2v) is 5.59. The molecular formula is C14H13BrClFN2O. The van der Waals surface area contributed by atoms with E-state index in [2.05, 4.69) is 21.0 Å². The molecule has 0 bridgehead atoms. The molecular weight excluding hydrogens is 347 g/mol. The van der Waals surface area contributed by atoms with Crippen LogP contribution in [0.5, 0.6) is 0 Å². The Hall–Kier alpha value is -1.20. The Morgan fingerprint density at radius 3 is 2.80 bits per heavy atom. The number of hydrogen-bond acceptors (Lipinski definition) is 2. The van der Waals surface area contributed by atoms with Crippen LogP contribution in [0.2, 0.25) is 5.02 Å². The van der Waals surface area contributed by atoms with E-state index in [4.69, 9.17) is 11.6 Å². The minimum absolute atomic E-state index is 0.0113. The van der Waals surface area contributed by atoms with Gasteiger partial charge in [0.05, 0.1) is 27.3 Å². The molecule has 0 aliphatic carbocycles. The van der Waals surface area contributed by atoms with Crippen molar-refractivity contribution in [2.24, 2.45) is 0 Å². The van der Waals surface area contributed by atoms with Crippen molar-refractivity contribution in [3.8, 4) is 0 Å². The molecule has 2 rings (SSSR count). The molecule has 0 atom stereocenters. The molecule has 106 valence electrons. The fraction of sp³-hybridized carbons (Fsp3) is 0.286. The van der Waals surface area contributed by atoms with E-state index in [1.54, 1.807) is 4.68 Å². The van der Waals surface area contributed by atoms with Crippen LogP contribution in [-0.4, -0.2) is 15.6 Å². The Morgan fingerprint density at radius 1 is 1.50 bits per heavy atom. The molecule has 2 aromatic rings. The first-order chi connectivity index (χ1) is 9.43. The van der Waals surface area contributed by atoms with Crippen LogP contribution in [-0.2, 0) is 13.0 Å². The summed E-state index contributed by atoms with van der Waals surface area (Å²) < 4.78 is 16.0. The van der Waals surface area contributed by atoms with Crippen LogP contribution in [0.3, 0.4) is 0 Å². The lowest BCUT2D eigenvalue weighted by molar-refractivity contribution is 0.0990. The summed E-state index contributed by atoms with van der Waals surface area (Å²) in [5.74, 6) is -0.757. The molecule has 1 aromatic carbocycles. The van der Waals surface area contributed by atoms with E-state index in [1.807, 2.05) is 13.8 Å². The van der Waals surface area contributed by atoms with Crippen molar-refractivity contribution in [2.75, 3.05) is 0 Å². The second-order valence-electron chi connectivity index (χ2n) is 4.39. The Morgan fingerprint density at radius 2 is 2.20 bits per heavy atom. The van der Waals surface area contributed by atoms with Gasteiger partial charge in [-0.25, -0.2) is 4.39 Å². The van der Waals surface area contributed by atoms with Crippen molar-refractivity contribution in [1.29, 1.82) is 0 Å². The highest BCUT2D eigenvalue weighted by Crippen LogP contribution is 2.23. The summed E-state index contributed by atoms with van der Waals surface area (Å²) >= 11 is 9.05. The van der Waals surface area contributed by atoms with Gasteiger partial charge in [-0.1, -0.05) is 11.6 Å². The Bertz CT molecular complexity index is 669. The number of carbonyl (C=O) groups is 1. The van der Waals surface area contributed by atoms with Gasteiger partial charge < -0.3 is 0 Å². The maximum Gasteiger partial charge on any atom is 0.168 e. The average Bonchev–Trinajstić information content (AvgIpc) is 2.69. The van der Waals surface area contributed by atoms with Crippen LogP contribution in [0, 0.1) is 12.7 Å². The molecule has 0 radical (unpaired) electrons. The summed E-state index contributed by atoms with van der Waals surface area (Å²) in [6.45, 7) is 4.49. The van der Waals surface area contributed by atoms with Gasteiger partial charge >= 0.3 is 0 Å². The predicted octanol–water partition coefficient (Wildman–Crippen LogP) is 4.19. The molecule has 20 heavy (non-hydrogen) atoms. The summed E-state index contributed by atoms with van der Waals surface area (Å²) in [7, 11) is 0. The van der Waals surface area contributed by atoms with Crippen LogP contribution in [0.1, 0.15) is 28.7 Å². The maximum atomic E-state index is 13.4. The first-order valence-corrected chi connectivity index (χ1v) is 7.31. The Kier molecular flexibility index (Phi) is 4.60. The number of carbonyl (C=O) groups excluding carboxylic acids is 1. The molecule has 6 heteroatoms. The van der Waals surface area contributed by atoms with Crippen LogP contribution in [0.15, 0.2) is 22.7 Å². The highest BCUT2D eigenvalue weighted by molar-refractivity contribution is 9.10. The number of rotatable bonds is 4. The molecule has 1 heterocycles. The molecule has 3 nitrogen and oxygen atoms in total. The van der Waals surface area contributed by atoms with Gasteiger partial charge in [-0.2, -0.15) is 5.10 Å². The Labute approximate surface area is 129 Å². The molecule has 0 saturated heterocycles. The zero-order valence-corrected chi connectivity index (χ0v) is 13.4. The highest BCUT2D eigenvalue weighted by atomic mass is 79.9. The molecule has 0 aliphatic rings. The summed E-state index contributed by atoms with van der Waals surface area (Å²) in [4.78, 5) is 12.2. The van der Waals surface area contributed by atoms with E-state index in [9.17, 15) is 9.18 Å². The van der Waals surface area contributed by atoms with E-state index in [1.165, 1.54) is 12.1 Å². The highest BCUT2D eigenvalue weighted by Gasteiger charge is 2.17. The van der Waals surface area contributed by atoms with Crippen LogP contribution in [0.25, 0.3) is 0 Å². The van der Waals surface area contributed by atoms with Gasteiger partial charge in [0.25, 0.3) is 0 Å². The molecule has 0 N–H and O–H groups in total. The maximum absolute atomic E-state index is 13.4. The smallest absolute Gasteiger partial charge is 0.168 e. The van der Waals surface area contributed by atoms with Crippen LogP contribution >= 0.6 is 27.5 Å². The third-order valence-electron chi connectivity index (χ3n) is 3.02. The molecule has 0 aliphatic heterocycles. The fourth-order valence-electron chi connectivity index (χ4n) is 1.96. The van der Waals surface area contributed by atoms with Gasteiger partial charge in [0, 0.05) is 12.1 Å². The van der Waals surface area contributed by atoms with Gasteiger partial charge in [0.1, 0.15) is 5.82 Å². The summed E-state index contributed by atoms with van der Waals surface area (Å²) in [5, 5.41) is 4.34. The zero-order valence-electron chi connectivity index (χ0n) is 11.1. The van der Waals surface area contributed by atoms with Gasteiger partial charge in [-0.3, -0.25) is 9.48 Å². The van der Waals surface area contributed by atoms with E-state index in [0.29, 0.717) is 12.1 Å². The van der Waals surface area contributed by atoms with Crippen molar-refractivity contribution in [3.63, 3.8) is 0 Å². The van der Waals surface area contributed by atoms with Gasteiger partial charge in [-0.05, 0) is 48.0 Å². The van der Waals surface area contributed by atoms with Crippen molar-refractivity contribution >= 4 is 33.3 Å². The van der Waals surface area contributed by atoms with Gasteiger partial charge in [0.2, 0.25) is 0 Å². The first kappa shape index (κ1) is 15.2. The lowest BCUT2D eigenvalue weighted by Gasteiger charge is -2.06. The topological polar surface area (TPSA) is 34.9 Å². The normalized spacial score (nSPS) is 10.8. The number of halogens is 3. The quantitative estimate of drug-likeness (QED) is 0.767. The second kappa shape index (κ2) is 6.06. The third-order valence-corrected chi connectivity index (χ3v) is 4.36. The predicted molar refractivity (Wildman–Crippen MR) is 79.8 cm³/mol. The number of benzene rings is 1. The molecule has 0 amide bonds. The number of aromatic nitrogens is 2. The minimum Gasteiger partial charge on any atom is -0.294 e. The first-order valence-electron chi connectivity index (χ1n) is 6.14. The summed E-state index contributed by atoms with van der Waals surface area (Å²) in [5.41, 5.74) is 1.93. The van der Waals surface area contributed by atoms with Crippen molar-refractivity contribution in [2.45, 2.75) is 26.8 Å². The largest absolute Gasteiger partial charge is 0.294 e. The number of nitrogens with zero attached hydrogens (tertiary/aromatic N) is 2. The van der Waals surface area contributed by atoms with E-state index >= 15 is 0 Å². The molecule has 1 aromatic heterocycles. The molecule has 0 saturated carbocycles. The van der Waals surface area contributed by atoms with Gasteiger partial charge in [0.15, 0.2) is 5.78 Å². The summed E-state index contributed by atoms with van der Waals surface area (Å²) in [6, 6.07) is 4.08. The third kappa shape index (κ3) is 2.94. The van der Waals surface area contributed by atoms with Crippen LogP contribution in [0.4, 0.5) is 4.39 Å². The van der Waals surface area contributed by atoms with Gasteiger partial charge in [-0.15, -0.1) is 0 Å². The zero-order chi connectivity index (χ0) is 14.9. The SMILES string of the molecule is CCn1nc(C)c(Br)c1CC(=O)c1ccc(Cl)c(F)c1. The average molecular weight is 360 g/mol. The number of hydrogen-bond donors (Lipinski definition) is 0. The summed E-state index contributed by atoms with van der Waals surface area (Å²) in [6.07, 6.45) is 0.163. The fourth-order valence-corrected chi connectivity index (χ4v) is 2.50. The molecule has 0 spiro atoms. The molecule has 0 fully saturated rings. The minimum atomic E-state index is -0.586. The van der Waals surface area contributed by atoms with E-state index < -0.39 is 5.82 Å². The number of ketones is 1. The monoisotopic (exact) mass is 358 g/mol. The van der Waals surface area contributed by atoms with E-state index in [0.717, 1.165) is 21.9 Å². The lowest BCUT2D eigenvalue weighted by atomic mass is 10.1. The van der Waals surface area contributed by atoms with E-state index in [-0.39, 0.29) is 17.2 Å². The molecule has 0 unspecified atom stereocenters. The van der Waals surface area contributed by atoms with Crippen molar-refractivity contribution < 1.29 is 9.18 Å². The lowest BCUT2D eigenvalue weighted by Crippen LogP contribution is -2.10. The van der Waals surface area contributed by atoms with Crippen molar-refractivity contribution in [3.05, 3.63) is 50.5 Å². The standard InChI is InChI=1S/C14H13BrClFN2O/c1-3-19-12(14(15)8(2)18-19)7-13(20)9-4-5-10(16)11(17)6-9/h4-6H,3,7H2,1-2H3. The Balaban J connectivity index is 2.30. The van der Waals surface area contributed by atoms with Crippen LogP contribution < -0.4 is 0 Å². The number of Topliss-reactive ketones (excluding diaryl/α,β-unsaturated/α-hetero) is 1. The van der Waals surface area contributed by atoms with Crippen molar-refractivity contribution in [1.82, 2.24) is 9.78 Å². The number of aryl methyl sites for hydroxylation is 2.